The number of hydrogen-bond donors (Lipinski definition) is 0. The largest absolute Gasteiger partial charge is 0.497 e. The van der Waals surface area contributed by atoms with Gasteiger partial charge in [0.15, 0.2) is 6.10 Å². The average Bonchev–Trinajstić information content (AvgIpc) is 3.30. The number of aryl methyl sites for hydroxylation is 2. The van der Waals surface area contributed by atoms with Crippen molar-refractivity contribution < 1.29 is 19.2 Å². The number of fused-ring (bicyclic) bond motifs is 1. The second kappa shape index (κ2) is 7.80. The van der Waals surface area contributed by atoms with E-state index < -0.39 is 18.1 Å². The molecule has 3 aromatic carbocycles. The Morgan fingerprint density at radius 1 is 0.844 bits per heavy atom. The van der Waals surface area contributed by atoms with Gasteiger partial charge in [-0.15, -0.1) is 0 Å². The maximum Gasteiger partial charge on any atom is 0.266 e. The maximum absolute atomic E-state index is 13.7. The number of carbonyl (C=O) groups is 2. The Morgan fingerprint density at radius 2 is 1.59 bits per heavy atom. The zero-order chi connectivity index (χ0) is 22.4. The van der Waals surface area contributed by atoms with E-state index in [0.29, 0.717) is 11.4 Å². The Morgan fingerprint density at radius 3 is 2.31 bits per heavy atom. The van der Waals surface area contributed by atoms with Crippen LogP contribution in [-0.2, 0) is 14.4 Å². The number of imide groups is 1. The molecular weight excluding hydrogens is 404 g/mol. The van der Waals surface area contributed by atoms with Crippen molar-refractivity contribution >= 4 is 23.2 Å². The number of hydroxylamine groups is 1. The number of anilines is 2. The fourth-order valence-electron chi connectivity index (χ4n) is 4.69. The highest BCUT2D eigenvalue weighted by atomic mass is 16.7. The van der Waals surface area contributed by atoms with E-state index in [0.717, 1.165) is 22.4 Å². The zero-order valence-corrected chi connectivity index (χ0v) is 18.2. The Labute approximate surface area is 186 Å². The second-order valence-corrected chi connectivity index (χ2v) is 8.23. The van der Waals surface area contributed by atoms with E-state index in [2.05, 4.69) is 6.07 Å². The Hall–Kier alpha value is -3.64. The van der Waals surface area contributed by atoms with Gasteiger partial charge in [0.05, 0.1) is 24.5 Å². The van der Waals surface area contributed by atoms with Crippen molar-refractivity contribution in [2.24, 2.45) is 5.92 Å². The Kier molecular flexibility index (Phi) is 4.94. The summed E-state index contributed by atoms with van der Waals surface area (Å²) in [5, 5.41) is 1.73. The molecule has 2 fully saturated rings. The summed E-state index contributed by atoms with van der Waals surface area (Å²) in [6.45, 7) is 4.06. The molecule has 2 aliphatic rings. The first-order valence-electron chi connectivity index (χ1n) is 10.6. The van der Waals surface area contributed by atoms with Crippen LogP contribution in [0.4, 0.5) is 11.4 Å². The molecule has 2 amide bonds. The summed E-state index contributed by atoms with van der Waals surface area (Å²) in [6, 6.07) is 22.3. The third-order valence-corrected chi connectivity index (χ3v) is 6.18. The summed E-state index contributed by atoms with van der Waals surface area (Å²) in [6.07, 6.45) is -0.889. The van der Waals surface area contributed by atoms with Crippen molar-refractivity contribution in [1.82, 2.24) is 0 Å². The van der Waals surface area contributed by atoms with Gasteiger partial charge in [-0.05, 0) is 49.2 Å². The molecule has 0 bridgehead atoms. The minimum absolute atomic E-state index is 0.267. The van der Waals surface area contributed by atoms with Gasteiger partial charge in [0.2, 0.25) is 5.91 Å². The molecule has 2 saturated heterocycles. The monoisotopic (exact) mass is 428 g/mol. The van der Waals surface area contributed by atoms with Crippen LogP contribution in [0, 0.1) is 19.8 Å². The molecule has 2 aliphatic heterocycles. The lowest BCUT2D eigenvalue weighted by molar-refractivity contribution is -0.126. The summed E-state index contributed by atoms with van der Waals surface area (Å²) < 4.78 is 5.28. The predicted octanol–water partition coefficient (Wildman–Crippen LogP) is 4.36. The molecule has 0 radical (unpaired) electrons. The molecule has 32 heavy (non-hydrogen) atoms. The molecule has 2 heterocycles. The fourth-order valence-corrected chi connectivity index (χ4v) is 4.69. The molecule has 0 N–H and O–H groups in total. The first-order valence-corrected chi connectivity index (χ1v) is 10.6. The van der Waals surface area contributed by atoms with Gasteiger partial charge in [0, 0.05) is 6.07 Å². The molecular formula is C26H24N2O4. The minimum atomic E-state index is -0.889. The Bertz CT molecular complexity index is 1190. The molecule has 0 aliphatic carbocycles. The molecule has 0 unspecified atom stereocenters. The minimum Gasteiger partial charge on any atom is -0.497 e. The van der Waals surface area contributed by atoms with Crippen LogP contribution < -0.4 is 14.7 Å². The van der Waals surface area contributed by atoms with Crippen LogP contribution in [-0.4, -0.2) is 25.0 Å². The number of benzene rings is 3. The van der Waals surface area contributed by atoms with Crippen molar-refractivity contribution in [3.63, 3.8) is 0 Å². The smallest absolute Gasteiger partial charge is 0.266 e. The predicted molar refractivity (Wildman–Crippen MR) is 121 cm³/mol. The van der Waals surface area contributed by atoms with Crippen LogP contribution in [0.2, 0.25) is 0 Å². The molecule has 6 heteroatoms. The van der Waals surface area contributed by atoms with E-state index in [-0.39, 0.29) is 11.8 Å². The van der Waals surface area contributed by atoms with Crippen molar-refractivity contribution in [2.45, 2.75) is 26.0 Å². The van der Waals surface area contributed by atoms with E-state index in [1.807, 2.05) is 56.3 Å². The molecule has 3 aromatic rings. The molecule has 3 atom stereocenters. The third kappa shape index (κ3) is 3.15. The van der Waals surface area contributed by atoms with Crippen molar-refractivity contribution in [1.29, 1.82) is 0 Å². The average molecular weight is 428 g/mol. The number of amides is 2. The fraction of sp³-hybridized carbons (Fsp3) is 0.231. The first-order chi connectivity index (χ1) is 15.5. The highest BCUT2D eigenvalue weighted by Gasteiger charge is 2.60. The van der Waals surface area contributed by atoms with Crippen molar-refractivity contribution in [2.75, 3.05) is 17.1 Å². The second-order valence-electron chi connectivity index (χ2n) is 8.23. The summed E-state index contributed by atoms with van der Waals surface area (Å²) in [4.78, 5) is 34.5. The Balaban J connectivity index is 1.60. The van der Waals surface area contributed by atoms with Crippen LogP contribution >= 0.6 is 0 Å². The van der Waals surface area contributed by atoms with Crippen LogP contribution in [0.15, 0.2) is 72.8 Å². The van der Waals surface area contributed by atoms with Gasteiger partial charge in [-0.3, -0.25) is 14.4 Å². The van der Waals surface area contributed by atoms with Crippen molar-refractivity contribution in [3.8, 4) is 5.75 Å². The van der Waals surface area contributed by atoms with Gasteiger partial charge in [0.25, 0.3) is 5.91 Å². The summed E-state index contributed by atoms with van der Waals surface area (Å²) in [5.74, 6) is -0.702. The third-order valence-electron chi connectivity index (χ3n) is 6.18. The topological polar surface area (TPSA) is 59.1 Å². The number of nitrogens with zero attached hydrogens (tertiary/aromatic N) is 2. The van der Waals surface area contributed by atoms with Crippen molar-refractivity contribution in [3.05, 3.63) is 89.5 Å². The van der Waals surface area contributed by atoms with Gasteiger partial charge in [-0.2, -0.15) is 0 Å². The van der Waals surface area contributed by atoms with E-state index in [1.165, 1.54) is 4.90 Å². The summed E-state index contributed by atoms with van der Waals surface area (Å²) >= 11 is 0. The lowest BCUT2D eigenvalue weighted by Gasteiger charge is -2.29. The normalized spacial score (nSPS) is 22.4. The van der Waals surface area contributed by atoms with Gasteiger partial charge in [-0.25, -0.2) is 9.96 Å². The number of ether oxygens (including phenoxy) is 1. The number of para-hydroxylation sites is 1. The van der Waals surface area contributed by atoms with Crippen LogP contribution in [0.1, 0.15) is 22.7 Å². The molecule has 0 spiro atoms. The van der Waals surface area contributed by atoms with Gasteiger partial charge in [0.1, 0.15) is 11.7 Å². The molecule has 162 valence electrons. The number of carbonyl (C=O) groups excluding carboxylic acids is 2. The van der Waals surface area contributed by atoms with Gasteiger partial charge >= 0.3 is 0 Å². The quantitative estimate of drug-likeness (QED) is 0.578. The lowest BCUT2D eigenvalue weighted by atomic mass is 9.87. The number of hydrogen-bond acceptors (Lipinski definition) is 5. The highest BCUT2D eigenvalue weighted by Crippen LogP contribution is 2.48. The summed E-state index contributed by atoms with van der Waals surface area (Å²) in [7, 11) is 1.55. The molecule has 0 aromatic heterocycles. The van der Waals surface area contributed by atoms with Gasteiger partial charge in [-0.1, -0.05) is 48.0 Å². The standard InChI is InChI=1S/C26H24N2O4/c1-16-12-13-21(17(2)14-16)23-22-24(32-28(23)18-8-5-4-6-9-18)26(30)27(25(22)29)19-10-7-11-20(15-19)31-3/h4-15,22-24H,1-3H3/t22-,23-,24-/m0/s1. The zero-order valence-electron chi connectivity index (χ0n) is 18.2. The molecule has 0 saturated carbocycles. The SMILES string of the molecule is COc1cccc(N2C(=O)[C@@H]3[C@H](ON(c4ccccc4)[C@H]3c3ccc(C)cc3C)C2=O)c1. The lowest BCUT2D eigenvalue weighted by Crippen LogP contribution is -2.37. The van der Waals surface area contributed by atoms with Crippen LogP contribution in [0.5, 0.6) is 5.75 Å². The summed E-state index contributed by atoms with van der Waals surface area (Å²) in [5.41, 5.74) is 4.46. The van der Waals surface area contributed by atoms with E-state index >= 15 is 0 Å². The van der Waals surface area contributed by atoms with Gasteiger partial charge < -0.3 is 4.74 Å². The van der Waals surface area contributed by atoms with E-state index in [9.17, 15) is 9.59 Å². The molecule has 5 rings (SSSR count). The van der Waals surface area contributed by atoms with Crippen LogP contribution in [0.25, 0.3) is 0 Å². The van der Waals surface area contributed by atoms with E-state index in [1.54, 1.807) is 36.4 Å². The highest BCUT2D eigenvalue weighted by molar-refractivity contribution is 6.24. The van der Waals surface area contributed by atoms with E-state index in [4.69, 9.17) is 9.57 Å². The number of rotatable bonds is 4. The number of methoxy groups -OCH3 is 1. The first kappa shape index (κ1) is 20.3. The molecule has 6 nitrogen and oxygen atoms in total. The van der Waals surface area contributed by atoms with Crippen LogP contribution in [0.3, 0.4) is 0 Å². The maximum atomic E-state index is 13.7.